The monoisotopic (exact) mass is 257 g/mol. The first-order valence-corrected chi connectivity index (χ1v) is 6.71. The molecule has 1 aromatic carbocycles. The SMILES string of the molecule is CCOP(=O)(OCC)c1cc(F)ccc1C#N. The van der Waals surface area contributed by atoms with Gasteiger partial charge in [-0.3, -0.25) is 4.57 Å². The molecule has 4 nitrogen and oxygen atoms in total. The van der Waals surface area contributed by atoms with Crippen molar-refractivity contribution in [2.45, 2.75) is 13.8 Å². The summed E-state index contributed by atoms with van der Waals surface area (Å²) in [5.41, 5.74) is 0.0941. The highest BCUT2D eigenvalue weighted by Crippen LogP contribution is 2.47. The zero-order valence-corrected chi connectivity index (χ0v) is 10.5. The van der Waals surface area contributed by atoms with E-state index in [1.54, 1.807) is 13.8 Å². The highest BCUT2D eigenvalue weighted by atomic mass is 31.2. The quantitative estimate of drug-likeness (QED) is 0.761. The molecule has 0 amide bonds. The number of halogens is 1. The van der Waals surface area contributed by atoms with Gasteiger partial charge in [-0.05, 0) is 32.0 Å². The highest BCUT2D eigenvalue weighted by Gasteiger charge is 2.30. The minimum absolute atomic E-state index is 0.0244. The molecule has 0 spiro atoms. The van der Waals surface area contributed by atoms with Gasteiger partial charge in [0.15, 0.2) is 0 Å². The second-order valence-corrected chi connectivity index (χ2v) is 5.10. The number of hydrogen-bond donors (Lipinski definition) is 0. The van der Waals surface area contributed by atoms with E-state index < -0.39 is 13.4 Å². The van der Waals surface area contributed by atoms with Crippen LogP contribution in [0.15, 0.2) is 18.2 Å². The summed E-state index contributed by atoms with van der Waals surface area (Å²) in [5.74, 6) is -0.585. The van der Waals surface area contributed by atoms with Gasteiger partial charge in [-0.15, -0.1) is 0 Å². The zero-order chi connectivity index (χ0) is 12.9. The van der Waals surface area contributed by atoms with Crippen LogP contribution in [-0.2, 0) is 13.6 Å². The Labute approximate surface area is 99.5 Å². The molecule has 6 heteroatoms. The van der Waals surface area contributed by atoms with Gasteiger partial charge >= 0.3 is 7.60 Å². The van der Waals surface area contributed by atoms with E-state index in [9.17, 15) is 8.96 Å². The third kappa shape index (κ3) is 3.13. The maximum Gasteiger partial charge on any atom is 0.362 e. The molecule has 0 aromatic heterocycles. The molecule has 0 radical (unpaired) electrons. The molecular formula is C11H13FNO3P. The van der Waals surface area contributed by atoms with Crippen LogP contribution in [-0.4, -0.2) is 13.2 Å². The highest BCUT2D eigenvalue weighted by molar-refractivity contribution is 7.62. The average Bonchev–Trinajstić information content (AvgIpc) is 2.29. The third-order valence-corrected chi connectivity index (χ3v) is 4.13. The lowest BCUT2D eigenvalue weighted by molar-refractivity contribution is 0.230. The Morgan fingerprint density at radius 3 is 2.41 bits per heavy atom. The zero-order valence-electron chi connectivity index (χ0n) is 9.64. The van der Waals surface area contributed by atoms with Crippen molar-refractivity contribution < 1.29 is 18.0 Å². The van der Waals surface area contributed by atoms with Crippen molar-refractivity contribution in [3.63, 3.8) is 0 Å². The number of nitriles is 1. The number of benzene rings is 1. The van der Waals surface area contributed by atoms with Gasteiger partial charge in [-0.2, -0.15) is 5.26 Å². The average molecular weight is 257 g/mol. The van der Waals surface area contributed by atoms with E-state index in [1.165, 1.54) is 6.07 Å². The van der Waals surface area contributed by atoms with Crippen LogP contribution in [0.2, 0.25) is 0 Å². The number of rotatable bonds is 5. The van der Waals surface area contributed by atoms with Gasteiger partial charge in [0.1, 0.15) is 11.9 Å². The molecule has 0 aliphatic rings. The van der Waals surface area contributed by atoms with Crippen LogP contribution < -0.4 is 5.30 Å². The van der Waals surface area contributed by atoms with Gasteiger partial charge in [0.05, 0.1) is 24.1 Å². The summed E-state index contributed by atoms with van der Waals surface area (Å²) in [7, 11) is -3.62. The fourth-order valence-corrected chi connectivity index (χ4v) is 3.08. The maximum atomic E-state index is 13.2. The van der Waals surface area contributed by atoms with Gasteiger partial charge < -0.3 is 9.05 Å². The fraction of sp³-hybridized carbons (Fsp3) is 0.364. The Morgan fingerprint density at radius 2 is 1.94 bits per heavy atom. The number of hydrogen-bond acceptors (Lipinski definition) is 4. The molecule has 0 aliphatic heterocycles. The second kappa shape index (κ2) is 5.92. The van der Waals surface area contributed by atoms with Gasteiger partial charge in [-0.25, -0.2) is 4.39 Å². The summed E-state index contributed by atoms with van der Waals surface area (Å²) in [6.07, 6.45) is 0. The topological polar surface area (TPSA) is 59.3 Å². The standard InChI is InChI=1S/C11H13FNO3P/c1-3-15-17(14,16-4-2)11-7-10(12)6-5-9(11)8-13/h5-7H,3-4H2,1-2H3. The van der Waals surface area contributed by atoms with Crippen LogP contribution in [0, 0.1) is 17.1 Å². The summed E-state index contributed by atoms with van der Waals surface area (Å²) in [4.78, 5) is 0. The Hall–Kier alpha value is -1.21. The van der Waals surface area contributed by atoms with Crippen molar-refractivity contribution in [2.24, 2.45) is 0 Å². The largest absolute Gasteiger partial charge is 0.362 e. The summed E-state index contributed by atoms with van der Waals surface area (Å²) in [5, 5.41) is 8.88. The smallest absolute Gasteiger partial charge is 0.305 e. The molecule has 0 saturated carbocycles. The Balaban J connectivity index is 3.32. The van der Waals surface area contributed by atoms with Crippen molar-refractivity contribution in [3.8, 4) is 6.07 Å². The number of nitrogens with zero attached hydrogens (tertiary/aromatic N) is 1. The van der Waals surface area contributed by atoms with E-state index in [0.29, 0.717) is 0 Å². The second-order valence-electron chi connectivity index (χ2n) is 3.11. The molecule has 0 unspecified atom stereocenters. The van der Waals surface area contributed by atoms with Gasteiger partial charge in [-0.1, -0.05) is 0 Å². The van der Waals surface area contributed by atoms with Gasteiger partial charge in [0, 0.05) is 0 Å². The molecule has 0 atom stereocenters. The van der Waals surface area contributed by atoms with Crippen molar-refractivity contribution in [2.75, 3.05) is 13.2 Å². The summed E-state index contributed by atoms with van der Waals surface area (Å²) in [6.45, 7) is 3.60. The van der Waals surface area contributed by atoms with Gasteiger partial charge in [0.2, 0.25) is 0 Å². The van der Waals surface area contributed by atoms with Crippen molar-refractivity contribution in [1.29, 1.82) is 5.26 Å². The first kappa shape index (κ1) is 13.9. The lowest BCUT2D eigenvalue weighted by Gasteiger charge is -2.18. The fourth-order valence-electron chi connectivity index (χ4n) is 1.34. The van der Waals surface area contributed by atoms with E-state index in [2.05, 4.69) is 0 Å². The lowest BCUT2D eigenvalue weighted by atomic mass is 10.2. The van der Waals surface area contributed by atoms with Crippen LogP contribution in [0.25, 0.3) is 0 Å². The van der Waals surface area contributed by atoms with E-state index >= 15 is 0 Å². The predicted octanol–water partition coefficient (Wildman–Crippen LogP) is 2.59. The van der Waals surface area contributed by atoms with Crippen molar-refractivity contribution >= 4 is 12.9 Å². The minimum Gasteiger partial charge on any atom is -0.305 e. The molecule has 92 valence electrons. The van der Waals surface area contributed by atoms with Crippen LogP contribution >= 0.6 is 7.60 Å². The summed E-state index contributed by atoms with van der Waals surface area (Å²) >= 11 is 0. The minimum atomic E-state index is -3.62. The van der Waals surface area contributed by atoms with Gasteiger partial charge in [0.25, 0.3) is 0 Å². The first-order chi connectivity index (χ1) is 8.07. The van der Waals surface area contributed by atoms with Crippen LogP contribution in [0.4, 0.5) is 4.39 Å². The van der Waals surface area contributed by atoms with E-state index in [-0.39, 0.29) is 24.1 Å². The van der Waals surface area contributed by atoms with E-state index in [4.69, 9.17) is 14.3 Å². The van der Waals surface area contributed by atoms with Crippen LogP contribution in [0.3, 0.4) is 0 Å². The van der Waals surface area contributed by atoms with Crippen molar-refractivity contribution in [1.82, 2.24) is 0 Å². The molecular weight excluding hydrogens is 244 g/mol. The Bertz CT molecular complexity index is 474. The molecule has 0 bridgehead atoms. The molecule has 17 heavy (non-hydrogen) atoms. The molecule has 1 aromatic rings. The molecule has 0 aliphatic carbocycles. The van der Waals surface area contributed by atoms with Crippen LogP contribution in [0.1, 0.15) is 19.4 Å². The van der Waals surface area contributed by atoms with E-state index in [0.717, 1.165) is 12.1 Å². The molecule has 0 N–H and O–H groups in total. The first-order valence-electron chi connectivity index (χ1n) is 5.16. The molecule has 0 saturated heterocycles. The molecule has 0 heterocycles. The lowest BCUT2D eigenvalue weighted by Crippen LogP contribution is -2.15. The molecule has 0 fully saturated rings. The normalized spacial score (nSPS) is 11.2. The Morgan fingerprint density at radius 1 is 1.35 bits per heavy atom. The van der Waals surface area contributed by atoms with Crippen molar-refractivity contribution in [3.05, 3.63) is 29.6 Å². The summed E-state index contributed by atoms with van der Waals surface area (Å²) in [6, 6.07) is 5.25. The van der Waals surface area contributed by atoms with Crippen LogP contribution in [0.5, 0.6) is 0 Å². The Kier molecular flexibility index (Phi) is 4.83. The molecule has 1 rings (SSSR count). The summed E-state index contributed by atoms with van der Waals surface area (Å²) < 4.78 is 35.7. The predicted molar refractivity (Wildman–Crippen MR) is 61.6 cm³/mol. The maximum absolute atomic E-state index is 13.2. The third-order valence-electron chi connectivity index (χ3n) is 1.97. The van der Waals surface area contributed by atoms with E-state index in [1.807, 2.05) is 6.07 Å².